The van der Waals surface area contributed by atoms with Gasteiger partial charge in [-0.1, -0.05) is 24.0 Å². The Balaban J connectivity index is 1.93. The number of fused-ring (bicyclic) bond motifs is 1. The van der Waals surface area contributed by atoms with E-state index in [0.717, 1.165) is 4.90 Å². The van der Waals surface area contributed by atoms with Crippen LogP contribution in [0.5, 0.6) is 0 Å². The summed E-state index contributed by atoms with van der Waals surface area (Å²) >= 11 is 0. The van der Waals surface area contributed by atoms with Crippen LogP contribution < -0.4 is 0 Å². The molecule has 2 rings (SSSR count). The van der Waals surface area contributed by atoms with E-state index in [4.69, 9.17) is 9.84 Å². The number of aliphatic carboxylic acids is 1. The van der Waals surface area contributed by atoms with Crippen LogP contribution in [0, 0.1) is 11.8 Å². The highest BCUT2D eigenvalue weighted by Crippen LogP contribution is 2.21. The quantitative estimate of drug-likeness (QED) is 0.487. The molecule has 0 fully saturated rings. The molecule has 0 spiro atoms. The number of carbonyl (C=O) groups is 3. The SMILES string of the molecule is O=C(O)COCC#CCN1C(=O)c2ccccc2C1=O. The second kappa shape index (κ2) is 5.99. The van der Waals surface area contributed by atoms with Crippen molar-refractivity contribution in [3.8, 4) is 11.8 Å². The highest BCUT2D eigenvalue weighted by molar-refractivity contribution is 6.21. The van der Waals surface area contributed by atoms with Crippen LogP contribution in [-0.2, 0) is 9.53 Å². The van der Waals surface area contributed by atoms with Crippen LogP contribution in [0.4, 0.5) is 0 Å². The molecule has 0 aliphatic carbocycles. The summed E-state index contributed by atoms with van der Waals surface area (Å²) in [5.41, 5.74) is 0.753. The van der Waals surface area contributed by atoms with Crippen LogP contribution in [0.2, 0.25) is 0 Å². The van der Waals surface area contributed by atoms with Gasteiger partial charge in [-0.15, -0.1) is 0 Å². The van der Waals surface area contributed by atoms with Gasteiger partial charge in [0.05, 0.1) is 17.7 Å². The van der Waals surface area contributed by atoms with Gasteiger partial charge in [0.15, 0.2) is 0 Å². The van der Waals surface area contributed by atoms with Gasteiger partial charge >= 0.3 is 5.97 Å². The lowest BCUT2D eigenvalue weighted by Crippen LogP contribution is -2.30. The van der Waals surface area contributed by atoms with Gasteiger partial charge in [-0.25, -0.2) is 4.79 Å². The number of amides is 2. The number of hydrogen-bond acceptors (Lipinski definition) is 4. The Bertz CT molecular complexity index is 591. The fourth-order valence-corrected chi connectivity index (χ4v) is 1.76. The Morgan fingerprint density at radius 1 is 1.15 bits per heavy atom. The lowest BCUT2D eigenvalue weighted by Gasteiger charge is -2.08. The molecule has 6 heteroatoms. The predicted molar refractivity (Wildman–Crippen MR) is 68.0 cm³/mol. The molecular weight excluding hydrogens is 262 g/mol. The van der Waals surface area contributed by atoms with Crippen molar-refractivity contribution < 1.29 is 24.2 Å². The Hall–Kier alpha value is -2.65. The van der Waals surface area contributed by atoms with Gasteiger partial charge < -0.3 is 9.84 Å². The molecule has 20 heavy (non-hydrogen) atoms. The van der Waals surface area contributed by atoms with Crippen molar-refractivity contribution in [3.63, 3.8) is 0 Å². The molecular formula is C14H11NO5. The first-order chi connectivity index (χ1) is 9.61. The lowest BCUT2D eigenvalue weighted by molar-refractivity contribution is -0.141. The van der Waals surface area contributed by atoms with E-state index in [0.29, 0.717) is 11.1 Å². The summed E-state index contributed by atoms with van der Waals surface area (Å²) in [4.78, 5) is 35.1. The normalized spacial score (nSPS) is 12.9. The molecule has 0 atom stereocenters. The highest BCUT2D eigenvalue weighted by Gasteiger charge is 2.34. The molecule has 0 saturated carbocycles. The lowest BCUT2D eigenvalue weighted by atomic mass is 10.1. The standard InChI is InChI=1S/C14H11NO5/c16-12(17)9-20-8-4-3-7-15-13(18)10-5-1-2-6-11(10)14(15)19/h1-2,5-6H,7-9H2,(H,16,17). The molecule has 1 heterocycles. The summed E-state index contributed by atoms with van der Waals surface area (Å²) in [6.45, 7) is -0.528. The second-order valence-corrected chi connectivity index (χ2v) is 3.98. The number of hydrogen-bond donors (Lipinski definition) is 1. The summed E-state index contributed by atoms with van der Waals surface area (Å²) in [5, 5.41) is 8.34. The van der Waals surface area contributed by atoms with Crippen LogP contribution in [0.3, 0.4) is 0 Å². The van der Waals surface area contributed by atoms with Crippen molar-refractivity contribution in [1.29, 1.82) is 0 Å². The van der Waals surface area contributed by atoms with Crippen LogP contribution in [0.1, 0.15) is 20.7 Å². The van der Waals surface area contributed by atoms with Gasteiger partial charge in [0, 0.05) is 0 Å². The molecule has 0 aromatic heterocycles. The number of carboxylic acids is 1. The molecule has 1 aromatic carbocycles. The summed E-state index contributed by atoms with van der Waals surface area (Å²) in [5.74, 6) is 3.35. The van der Waals surface area contributed by atoms with Crippen LogP contribution >= 0.6 is 0 Å². The average Bonchev–Trinajstić information content (AvgIpc) is 2.67. The first kappa shape index (κ1) is 13.8. The van der Waals surface area contributed by atoms with E-state index in [-0.39, 0.29) is 25.0 Å². The van der Waals surface area contributed by atoms with E-state index in [1.54, 1.807) is 24.3 Å². The first-order valence-electron chi connectivity index (χ1n) is 5.81. The van der Waals surface area contributed by atoms with Crippen molar-refractivity contribution in [2.24, 2.45) is 0 Å². The Kier molecular flexibility index (Phi) is 4.13. The molecule has 1 aliphatic rings. The number of carbonyl (C=O) groups excluding carboxylic acids is 2. The molecule has 2 amide bonds. The van der Waals surface area contributed by atoms with E-state index < -0.39 is 12.6 Å². The molecule has 1 N–H and O–H groups in total. The molecule has 6 nitrogen and oxygen atoms in total. The van der Waals surface area contributed by atoms with Crippen molar-refractivity contribution in [2.45, 2.75) is 0 Å². The van der Waals surface area contributed by atoms with Crippen molar-refractivity contribution in [3.05, 3.63) is 35.4 Å². The Labute approximate surface area is 114 Å². The van der Waals surface area contributed by atoms with Gasteiger partial charge in [-0.2, -0.15) is 0 Å². The van der Waals surface area contributed by atoms with Crippen LogP contribution in [0.15, 0.2) is 24.3 Å². The second-order valence-electron chi connectivity index (χ2n) is 3.98. The average molecular weight is 273 g/mol. The van der Waals surface area contributed by atoms with Gasteiger partial charge in [-0.05, 0) is 12.1 Å². The maximum absolute atomic E-state index is 11.9. The molecule has 0 bridgehead atoms. The predicted octanol–water partition coefficient (Wildman–Crippen LogP) is 0.387. The van der Waals surface area contributed by atoms with E-state index in [1.807, 2.05) is 0 Å². The monoisotopic (exact) mass is 273 g/mol. The van der Waals surface area contributed by atoms with Gasteiger partial charge in [0.25, 0.3) is 11.8 Å². The van der Waals surface area contributed by atoms with E-state index >= 15 is 0 Å². The maximum atomic E-state index is 11.9. The molecule has 0 unspecified atom stereocenters. The van der Waals surface area contributed by atoms with Crippen LogP contribution in [0.25, 0.3) is 0 Å². The molecule has 1 aliphatic heterocycles. The molecule has 102 valence electrons. The summed E-state index contributed by atoms with van der Waals surface area (Å²) in [6, 6.07) is 6.58. The third kappa shape index (κ3) is 2.84. The van der Waals surface area contributed by atoms with Gasteiger partial charge in [-0.3, -0.25) is 14.5 Å². The highest BCUT2D eigenvalue weighted by atomic mass is 16.5. The number of ether oxygens (including phenoxy) is 1. The van der Waals surface area contributed by atoms with Gasteiger partial charge in [0.2, 0.25) is 0 Å². The summed E-state index contributed by atoms with van der Waals surface area (Å²) in [7, 11) is 0. The third-order valence-electron chi connectivity index (χ3n) is 2.64. The first-order valence-corrected chi connectivity index (χ1v) is 5.81. The van der Waals surface area contributed by atoms with Crippen LogP contribution in [-0.4, -0.2) is 47.5 Å². The largest absolute Gasteiger partial charge is 0.480 e. The fraction of sp³-hybridized carbons (Fsp3) is 0.214. The van der Waals surface area contributed by atoms with Gasteiger partial charge in [0.1, 0.15) is 13.2 Å². The fourth-order valence-electron chi connectivity index (χ4n) is 1.76. The number of benzene rings is 1. The van der Waals surface area contributed by atoms with E-state index in [1.165, 1.54) is 0 Å². The minimum Gasteiger partial charge on any atom is -0.480 e. The van der Waals surface area contributed by atoms with Crippen molar-refractivity contribution in [2.75, 3.05) is 19.8 Å². The number of rotatable bonds is 4. The minimum atomic E-state index is -1.08. The Morgan fingerprint density at radius 3 is 2.30 bits per heavy atom. The topological polar surface area (TPSA) is 83.9 Å². The van der Waals surface area contributed by atoms with E-state index in [2.05, 4.69) is 11.8 Å². The number of imide groups is 1. The molecule has 0 radical (unpaired) electrons. The maximum Gasteiger partial charge on any atom is 0.329 e. The number of nitrogens with zero attached hydrogens (tertiary/aromatic N) is 1. The van der Waals surface area contributed by atoms with Crippen molar-refractivity contribution >= 4 is 17.8 Å². The van der Waals surface area contributed by atoms with E-state index in [9.17, 15) is 14.4 Å². The zero-order valence-electron chi connectivity index (χ0n) is 10.5. The zero-order valence-corrected chi connectivity index (χ0v) is 10.5. The smallest absolute Gasteiger partial charge is 0.329 e. The summed E-state index contributed by atoms with van der Waals surface area (Å²) < 4.78 is 4.71. The summed E-state index contributed by atoms with van der Waals surface area (Å²) in [6.07, 6.45) is 0. The Morgan fingerprint density at radius 2 is 1.75 bits per heavy atom. The molecule has 1 aromatic rings. The minimum absolute atomic E-state index is 0.0389. The van der Waals surface area contributed by atoms with Crippen molar-refractivity contribution in [1.82, 2.24) is 4.90 Å². The zero-order chi connectivity index (χ0) is 14.5. The molecule has 0 saturated heterocycles. The number of carboxylic acid groups (broad SMARTS) is 1. The third-order valence-corrected chi connectivity index (χ3v) is 2.64.